The molecule has 0 aliphatic carbocycles. The maximum absolute atomic E-state index is 12.3. The number of nitrogens with two attached hydrogens (primary N) is 1. The molecule has 0 aromatic heterocycles. The van der Waals surface area contributed by atoms with Gasteiger partial charge in [-0.25, -0.2) is 4.79 Å². The molecule has 100 valence electrons. The van der Waals surface area contributed by atoms with Crippen LogP contribution in [0.4, 0.5) is 4.79 Å². The number of nitrogens with one attached hydrogen (secondary N) is 1. The van der Waals surface area contributed by atoms with Crippen molar-refractivity contribution in [3.63, 3.8) is 0 Å². The summed E-state index contributed by atoms with van der Waals surface area (Å²) in [6, 6.07) is 5.90. The van der Waals surface area contributed by atoms with E-state index in [4.69, 9.17) is 17.3 Å². The van der Waals surface area contributed by atoms with Crippen LogP contribution in [0, 0.1) is 0 Å². The van der Waals surface area contributed by atoms with E-state index in [1.807, 2.05) is 0 Å². The van der Waals surface area contributed by atoms with Gasteiger partial charge in [0, 0.05) is 5.02 Å². The number of carbonyl (C=O) groups is 3. The maximum atomic E-state index is 12.3. The van der Waals surface area contributed by atoms with Crippen LogP contribution in [0.5, 0.6) is 0 Å². The fourth-order valence-corrected chi connectivity index (χ4v) is 2.10. The van der Waals surface area contributed by atoms with Crippen LogP contribution in [-0.4, -0.2) is 29.3 Å². The summed E-state index contributed by atoms with van der Waals surface area (Å²) in [5.74, 6) is -1.26. The van der Waals surface area contributed by atoms with Crippen LogP contribution in [0.25, 0.3) is 0 Å². The highest BCUT2D eigenvalue weighted by Crippen LogP contribution is 2.29. The number of amides is 4. The van der Waals surface area contributed by atoms with Crippen LogP contribution in [0.3, 0.4) is 0 Å². The summed E-state index contributed by atoms with van der Waals surface area (Å²) >= 11 is 5.78. The van der Waals surface area contributed by atoms with Crippen molar-refractivity contribution in [2.75, 3.05) is 6.54 Å². The second-order valence-electron chi connectivity index (χ2n) is 4.42. The first kappa shape index (κ1) is 13.4. The molecule has 1 saturated heterocycles. The lowest BCUT2D eigenvalue weighted by Gasteiger charge is -2.22. The fraction of sp³-hybridized carbons (Fsp3) is 0.250. The normalized spacial score (nSPS) is 22.5. The van der Waals surface area contributed by atoms with Gasteiger partial charge in [0.2, 0.25) is 5.91 Å². The second kappa shape index (κ2) is 4.55. The van der Waals surface area contributed by atoms with Crippen LogP contribution < -0.4 is 11.1 Å². The predicted molar refractivity (Wildman–Crippen MR) is 68.2 cm³/mol. The first-order chi connectivity index (χ1) is 8.84. The third-order valence-corrected chi connectivity index (χ3v) is 3.26. The number of benzene rings is 1. The minimum absolute atomic E-state index is 0.437. The Morgan fingerprint density at radius 1 is 1.37 bits per heavy atom. The van der Waals surface area contributed by atoms with Crippen molar-refractivity contribution in [1.82, 2.24) is 10.2 Å². The van der Waals surface area contributed by atoms with Crippen molar-refractivity contribution >= 4 is 29.4 Å². The molecule has 0 spiro atoms. The Labute approximate surface area is 114 Å². The Morgan fingerprint density at radius 2 is 1.95 bits per heavy atom. The van der Waals surface area contributed by atoms with Gasteiger partial charge < -0.3 is 11.1 Å². The van der Waals surface area contributed by atoms with Gasteiger partial charge in [0.1, 0.15) is 12.1 Å². The summed E-state index contributed by atoms with van der Waals surface area (Å²) in [6.07, 6.45) is 0. The number of carbonyl (C=O) groups excluding carboxylic acids is 3. The third-order valence-electron chi connectivity index (χ3n) is 3.01. The third kappa shape index (κ3) is 2.26. The van der Waals surface area contributed by atoms with E-state index in [0.717, 1.165) is 4.90 Å². The number of nitrogens with zero attached hydrogens (tertiary/aromatic N) is 1. The smallest absolute Gasteiger partial charge is 0.325 e. The average molecular weight is 282 g/mol. The lowest BCUT2D eigenvalue weighted by molar-refractivity contribution is -0.134. The van der Waals surface area contributed by atoms with Crippen LogP contribution in [0.15, 0.2) is 24.3 Å². The van der Waals surface area contributed by atoms with Crippen LogP contribution in [-0.2, 0) is 15.1 Å². The first-order valence-corrected chi connectivity index (χ1v) is 5.91. The Balaban J connectivity index is 2.35. The van der Waals surface area contributed by atoms with E-state index < -0.39 is 29.9 Å². The molecular formula is C12H12ClN3O3. The van der Waals surface area contributed by atoms with Gasteiger partial charge in [-0.05, 0) is 24.6 Å². The number of imide groups is 1. The number of hydrogen-bond donors (Lipinski definition) is 2. The standard InChI is InChI=1S/C12H12ClN3O3/c1-12(7-2-4-8(13)5-3-7)10(18)16(6-9(14)17)11(19)15-12/h2-5H,6H2,1H3,(H2,14,17)(H,15,19)/t12-/m0/s1. The highest BCUT2D eigenvalue weighted by atomic mass is 35.5. The quantitative estimate of drug-likeness (QED) is 0.794. The summed E-state index contributed by atoms with van der Waals surface area (Å²) in [4.78, 5) is 35.7. The van der Waals surface area contributed by atoms with Gasteiger partial charge >= 0.3 is 6.03 Å². The van der Waals surface area contributed by atoms with E-state index in [0.29, 0.717) is 10.6 Å². The van der Waals surface area contributed by atoms with Gasteiger partial charge in [-0.1, -0.05) is 23.7 Å². The number of halogens is 1. The minimum Gasteiger partial charge on any atom is -0.368 e. The van der Waals surface area contributed by atoms with Crippen LogP contribution in [0.2, 0.25) is 5.02 Å². The van der Waals surface area contributed by atoms with Gasteiger partial charge in [0.15, 0.2) is 0 Å². The zero-order chi connectivity index (χ0) is 14.2. The van der Waals surface area contributed by atoms with Gasteiger partial charge in [-0.15, -0.1) is 0 Å². The monoisotopic (exact) mass is 281 g/mol. The van der Waals surface area contributed by atoms with Crippen LogP contribution in [0.1, 0.15) is 12.5 Å². The van der Waals surface area contributed by atoms with Crippen LogP contribution >= 0.6 is 11.6 Å². The van der Waals surface area contributed by atoms with E-state index in [1.165, 1.54) is 0 Å². The lowest BCUT2D eigenvalue weighted by atomic mass is 9.92. The molecule has 7 heteroatoms. The molecule has 0 saturated carbocycles. The SMILES string of the molecule is C[C@@]1(c2ccc(Cl)cc2)NC(=O)N(CC(N)=O)C1=O. The highest BCUT2D eigenvalue weighted by Gasteiger charge is 2.49. The molecule has 1 atom stereocenters. The van der Waals surface area contributed by atoms with Gasteiger partial charge in [0.25, 0.3) is 5.91 Å². The number of primary amides is 1. The van der Waals surface area contributed by atoms with E-state index in [-0.39, 0.29) is 0 Å². The molecule has 0 bridgehead atoms. The molecule has 1 aliphatic heterocycles. The number of rotatable bonds is 3. The van der Waals surface area contributed by atoms with Crippen molar-refractivity contribution in [2.45, 2.75) is 12.5 Å². The first-order valence-electron chi connectivity index (χ1n) is 5.53. The van der Waals surface area contributed by atoms with Gasteiger partial charge in [-0.2, -0.15) is 0 Å². The molecule has 1 heterocycles. The topological polar surface area (TPSA) is 92.5 Å². The second-order valence-corrected chi connectivity index (χ2v) is 4.86. The van der Waals surface area contributed by atoms with Crippen molar-refractivity contribution < 1.29 is 14.4 Å². The van der Waals surface area contributed by atoms with E-state index in [9.17, 15) is 14.4 Å². The molecule has 1 aromatic carbocycles. The zero-order valence-corrected chi connectivity index (χ0v) is 10.9. The summed E-state index contributed by atoms with van der Waals surface area (Å²) in [5.41, 5.74) is 4.39. The Morgan fingerprint density at radius 3 is 2.47 bits per heavy atom. The number of urea groups is 1. The molecular weight excluding hydrogens is 270 g/mol. The Kier molecular flexibility index (Phi) is 3.20. The Bertz CT molecular complexity index is 558. The van der Waals surface area contributed by atoms with Crippen molar-refractivity contribution in [3.05, 3.63) is 34.9 Å². The molecule has 3 N–H and O–H groups in total. The summed E-state index contributed by atoms with van der Waals surface area (Å²) in [6.45, 7) is 1.13. The molecule has 1 fully saturated rings. The summed E-state index contributed by atoms with van der Waals surface area (Å²) in [5, 5.41) is 3.08. The van der Waals surface area contributed by atoms with Crippen molar-refractivity contribution in [2.24, 2.45) is 5.73 Å². The fourth-order valence-electron chi connectivity index (χ4n) is 1.98. The van der Waals surface area contributed by atoms with E-state index in [1.54, 1.807) is 31.2 Å². The van der Waals surface area contributed by atoms with E-state index >= 15 is 0 Å². The maximum Gasteiger partial charge on any atom is 0.325 e. The molecule has 0 radical (unpaired) electrons. The number of hydrogen-bond acceptors (Lipinski definition) is 3. The predicted octanol–water partition coefficient (Wildman–Crippen LogP) is 0.592. The Hall–Kier alpha value is -2.08. The molecule has 0 unspecified atom stereocenters. The zero-order valence-electron chi connectivity index (χ0n) is 10.1. The molecule has 1 aliphatic rings. The van der Waals surface area contributed by atoms with Gasteiger partial charge in [0.05, 0.1) is 0 Å². The molecule has 4 amide bonds. The molecule has 6 nitrogen and oxygen atoms in total. The highest BCUT2D eigenvalue weighted by molar-refractivity contribution is 6.30. The summed E-state index contributed by atoms with van der Waals surface area (Å²) in [7, 11) is 0. The van der Waals surface area contributed by atoms with Gasteiger partial charge in [-0.3, -0.25) is 14.5 Å². The van der Waals surface area contributed by atoms with Crippen molar-refractivity contribution in [1.29, 1.82) is 0 Å². The largest absolute Gasteiger partial charge is 0.368 e. The lowest BCUT2D eigenvalue weighted by Crippen LogP contribution is -2.42. The average Bonchev–Trinajstić information content (AvgIpc) is 2.54. The summed E-state index contributed by atoms with van der Waals surface area (Å²) < 4.78 is 0. The molecule has 1 aromatic rings. The minimum atomic E-state index is -1.21. The van der Waals surface area contributed by atoms with E-state index in [2.05, 4.69) is 5.32 Å². The van der Waals surface area contributed by atoms with Crippen molar-refractivity contribution in [3.8, 4) is 0 Å². The molecule has 2 rings (SSSR count). The molecule has 19 heavy (non-hydrogen) atoms.